The Morgan fingerprint density at radius 2 is 1.72 bits per heavy atom. The van der Waals surface area contributed by atoms with Crippen LogP contribution in [0.5, 0.6) is 0 Å². The van der Waals surface area contributed by atoms with Crippen LogP contribution in [0, 0.1) is 0 Å². The third-order valence-electron chi connectivity index (χ3n) is 4.65. The van der Waals surface area contributed by atoms with E-state index >= 15 is 0 Å². The van der Waals surface area contributed by atoms with Crippen LogP contribution in [-0.4, -0.2) is 71.5 Å². The SMILES string of the molecule is O=C(CN1CCN(C(=S)Nc2ccc(Cl)cc2Cl)CC1)N1CCCC1. The zero-order valence-corrected chi connectivity index (χ0v) is 16.3. The van der Waals surface area contributed by atoms with Gasteiger partial charge in [0.1, 0.15) is 0 Å². The van der Waals surface area contributed by atoms with Gasteiger partial charge in [0.05, 0.1) is 17.3 Å². The average molecular weight is 401 g/mol. The Balaban J connectivity index is 1.46. The number of rotatable bonds is 3. The van der Waals surface area contributed by atoms with Gasteiger partial charge in [-0.15, -0.1) is 0 Å². The molecule has 8 heteroatoms. The number of benzene rings is 1. The summed E-state index contributed by atoms with van der Waals surface area (Å²) >= 11 is 17.6. The van der Waals surface area contributed by atoms with E-state index in [1.54, 1.807) is 12.1 Å². The molecule has 2 fully saturated rings. The van der Waals surface area contributed by atoms with Gasteiger partial charge in [0.15, 0.2) is 5.11 Å². The number of halogens is 2. The lowest BCUT2D eigenvalue weighted by Gasteiger charge is -2.36. The van der Waals surface area contributed by atoms with Crippen LogP contribution in [0.3, 0.4) is 0 Å². The lowest BCUT2D eigenvalue weighted by molar-refractivity contribution is -0.131. The molecule has 5 nitrogen and oxygen atoms in total. The topological polar surface area (TPSA) is 38.8 Å². The predicted octanol–water partition coefficient (Wildman–Crippen LogP) is 2.93. The Morgan fingerprint density at radius 1 is 1.04 bits per heavy atom. The molecule has 1 aromatic rings. The maximum atomic E-state index is 12.2. The Kier molecular flexibility index (Phi) is 6.39. The monoisotopic (exact) mass is 400 g/mol. The van der Waals surface area contributed by atoms with Crippen molar-refractivity contribution in [3.8, 4) is 0 Å². The summed E-state index contributed by atoms with van der Waals surface area (Å²) in [6.07, 6.45) is 2.26. The number of hydrogen-bond acceptors (Lipinski definition) is 3. The van der Waals surface area contributed by atoms with E-state index < -0.39 is 0 Å². The zero-order chi connectivity index (χ0) is 17.8. The summed E-state index contributed by atoms with van der Waals surface area (Å²) in [7, 11) is 0. The van der Waals surface area contributed by atoms with Gasteiger partial charge in [0.25, 0.3) is 0 Å². The maximum absolute atomic E-state index is 12.2. The number of hydrogen-bond donors (Lipinski definition) is 1. The van der Waals surface area contributed by atoms with Crippen molar-refractivity contribution in [2.45, 2.75) is 12.8 Å². The van der Waals surface area contributed by atoms with Gasteiger partial charge in [0, 0.05) is 44.3 Å². The quantitative estimate of drug-likeness (QED) is 0.789. The number of nitrogens with zero attached hydrogens (tertiary/aromatic N) is 3. The van der Waals surface area contributed by atoms with Crippen molar-refractivity contribution in [2.24, 2.45) is 0 Å². The van der Waals surface area contributed by atoms with Crippen molar-refractivity contribution < 1.29 is 4.79 Å². The number of amides is 1. The molecule has 0 saturated carbocycles. The molecule has 136 valence electrons. The van der Waals surface area contributed by atoms with Crippen molar-refractivity contribution in [3.05, 3.63) is 28.2 Å². The zero-order valence-electron chi connectivity index (χ0n) is 14.0. The second kappa shape index (κ2) is 8.54. The third-order valence-corrected chi connectivity index (χ3v) is 5.56. The van der Waals surface area contributed by atoms with Gasteiger partial charge in [-0.2, -0.15) is 0 Å². The van der Waals surface area contributed by atoms with E-state index in [1.807, 2.05) is 11.0 Å². The van der Waals surface area contributed by atoms with Gasteiger partial charge in [-0.05, 0) is 43.3 Å². The number of carbonyl (C=O) groups excluding carboxylic acids is 1. The molecule has 0 radical (unpaired) electrons. The molecule has 0 aliphatic carbocycles. The Hall–Kier alpha value is -1.08. The molecule has 1 N–H and O–H groups in total. The van der Waals surface area contributed by atoms with E-state index in [0.717, 1.165) is 57.8 Å². The molecular weight excluding hydrogens is 379 g/mol. The molecule has 2 aliphatic rings. The minimum absolute atomic E-state index is 0.250. The summed E-state index contributed by atoms with van der Waals surface area (Å²) in [6, 6.07) is 5.29. The molecule has 25 heavy (non-hydrogen) atoms. The number of piperazine rings is 1. The Labute approximate surface area is 163 Å². The molecule has 3 rings (SSSR count). The molecule has 2 saturated heterocycles. The summed E-state index contributed by atoms with van der Waals surface area (Å²) in [5.41, 5.74) is 0.753. The number of thiocarbonyl (C=S) groups is 1. The molecule has 1 aromatic carbocycles. The number of nitrogens with one attached hydrogen (secondary N) is 1. The van der Waals surface area contributed by atoms with Gasteiger partial charge < -0.3 is 15.1 Å². The molecular formula is C17H22Cl2N4OS. The van der Waals surface area contributed by atoms with E-state index in [1.165, 1.54) is 0 Å². The molecule has 1 amide bonds. The number of carbonyl (C=O) groups is 1. The van der Waals surface area contributed by atoms with Crippen LogP contribution >= 0.6 is 35.4 Å². The van der Waals surface area contributed by atoms with E-state index in [4.69, 9.17) is 35.4 Å². The summed E-state index contributed by atoms with van der Waals surface area (Å²) < 4.78 is 0. The van der Waals surface area contributed by atoms with E-state index in [2.05, 4.69) is 15.1 Å². The fraction of sp³-hybridized carbons (Fsp3) is 0.529. The molecule has 2 heterocycles. The second-order valence-electron chi connectivity index (χ2n) is 6.41. The molecule has 0 atom stereocenters. The smallest absolute Gasteiger partial charge is 0.236 e. The van der Waals surface area contributed by atoms with Crippen LogP contribution in [0.25, 0.3) is 0 Å². The molecule has 0 spiro atoms. The van der Waals surface area contributed by atoms with Gasteiger partial charge in [0.2, 0.25) is 5.91 Å². The first kappa shape index (κ1) is 18.7. The number of anilines is 1. The van der Waals surface area contributed by atoms with Gasteiger partial charge >= 0.3 is 0 Å². The predicted molar refractivity (Wildman–Crippen MR) is 107 cm³/mol. The highest BCUT2D eigenvalue weighted by atomic mass is 35.5. The molecule has 0 bridgehead atoms. The number of likely N-dealkylation sites (tertiary alicyclic amines) is 1. The first-order valence-corrected chi connectivity index (χ1v) is 9.70. The normalized spacial score (nSPS) is 18.5. The highest BCUT2D eigenvalue weighted by molar-refractivity contribution is 7.80. The highest BCUT2D eigenvalue weighted by Crippen LogP contribution is 2.25. The van der Waals surface area contributed by atoms with Gasteiger partial charge in [-0.1, -0.05) is 23.2 Å². The highest BCUT2D eigenvalue weighted by Gasteiger charge is 2.24. The van der Waals surface area contributed by atoms with Crippen LogP contribution < -0.4 is 5.32 Å². The van der Waals surface area contributed by atoms with Crippen LogP contribution in [0.2, 0.25) is 10.0 Å². The lowest BCUT2D eigenvalue weighted by atomic mass is 10.3. The molecule has 0 aromatic heterocycles. The van der Waals surface area contributed by atoms with Crippen molar-refractivity contribution in [2.75, 3.05) is 51.1 Å². The Bertz CT molecular complexity index is 644. The Morgan fingerprint density at radius 3 is 2.36 bits per heavy atom. The van der Waals surface area contributed by atoms with Crippen LogP contribution in [0.4, 0.5) is 5.69 Å². The van der Waals surface area contributed by atoms with Crippen molar-refractivity contribution >= 4 is 52.1 Å². The van der Waals surface area contributed by atoms with Gasteiger partial charge in [-0.25, -0.2) is 0 Å². The first-order chi connectivity index (χ1) is 12.0. The van der Waals surface area contributed by atoms with Crippen LogP contribution in [-0.2, 0) is 4.79 Å². The minimum Gasteiger partial charge on any atom is -0.346 e. The van der Waals surface area contributed by atoms with Crippen molar-refractivity contribution in [1.29, 1.82) is 0 Å². The second-order valence-corrected chi connectivity index (χ2v) is 7.64. The standard InChI is InChI=1S/C17H22Cl2N4OS/c18-13-3-4-15(14(19)11-13)20-17(25)23-9-7-21(8-10-23)12-16(24)22-5-1-2-6-22/h3-4,11H,1-2,5-10,12H2,(H,20,25). The summed E-state index contributed by atoms with van der Waals surface area (Å²) in [4.78, 5) is 18.5. The fourth-order valence-corrected chi connectivity index (χ4v) is 3.90. The van der Waals surface area contributed by atoms with E-state index in [-0.39, 0.29) is 5.91 Å². The summed E-state index contributed by atoms with van der Waals surface area (Å²) in [6.45, 7) is 5.58. The van der Waals surface area contributed by atoms with E-state index in [9.17, 15) is 4.79 Å². The van der Waals surface area contributed by atoms with Gasteiger partial charge in [-0.3, -0.25) is 9.69 Å². The third kappa shape index (κ3) is 4.97. The molecule has 2 aliphatic heterocycles. The molecule has 0 unspecified atom stereocenters. The largest absolute Gasteiger partial charge is 0.346 e. The lowest BCUT2D eigenvalue weighted by Crippen LogP contribution is -2.52. The van der Waals surface area contributed by atoms with E-state index in [0.29, 0.717) is 21.7 Å². The van der Waals surface area contributed by atoms with Crippen molar-refractivity contribution in [3.63, 3.8) is 0 Å². The average Bonchev–Trinajstić information content (AvgIpc) is 3.13. The fourth-order valence-electron chi connectivity index (χ4n) is 3.15. The van der Waals surface area contributed by atoms with Crippen molar-refractivity contribution in [1.82, 2.24) is 14.7 Å². The van der Waals surface area contributed by atoms with Crippen LogP contribution in [0.15, 0.2) is 18.2 Å². The minimum atomic E-state index is 0.250. The maximum Gasteiger partial charge on any atom is 0.236 e. The first-order valence-electron chi connectivity index (χ1n) is 8.54. The van der Waals surface area contributed by atoms with Crippen LogP contribution in [0.1, 0.15) is 12.8 Å². The summed E-state index contributed by atoms with van der Waals surface area (Å²) in [5.74, 6) is 0.250. The summed E-state index contributed by atoms with van der Waals surface area (Å²) in [5, 5.41) is 4.97.